The summed E-state index contributed by atoms with van der Waals surface area (Å²) in [5.74, 6) is 0.825. The topological polar surface area (TPSA) is 37.3 Å². The van der Waals surface area contributed by atoms with Crippen LogP contribution in [-0.4, -0.2) is 16.6 Å². The van der Waals surface area contributed by atoms with Crippen molar-refractivity contribution in [3.63, 3.8) is 0 Å². The highest BCUT2D eigenvalue weighted by Crippen LogP contribution is 2.19. The van der Waals surface area contributed by atoms with E-state index in [1.807, 2.05) is 37.3 Å². The number of carbonyl (C=O) groups is 1. The summed E-state index contributed by atoms with van der Waals surface area (Å²) in [5.41, 5.74) is 2.07. The van der Waals surface area contributed by atoms with Crippen LogP contribution in [-0.2, 0) is 11.2 Å². The fraction of sp³-hybridized carbons (Fsp3) is 0.188. The first-order chi connectivity index (χ1) is 9.13. The van der Waals surface area contributed by atoms with Crippen LogP contribution in [0.2, 0.25) is 0 Å². The van der Waals surface area contributed by atoms with Crippen molar-refractivity contribution >= 4 is 17.5 Å². The SMILES string of the molecule is Cc1ccc(SCC(=O)Cc2cccc(O)c2)cc1. The van der Waals surface area contributed by atoms with Crippen molar-refractivity contribution < 1.29 is 9.90 Å². The minimum absolute atomic E-state index is 0.163. The van der Waals surface area contributed by atoms with Crippen molar-refractivity contribution in [2.75, 3.05) is 5.75 Å². The molecule has 1 N–H and O–H groups in total. The molecule has 0 spiro atoms. The molecule has 0 heterocycles. The molecule has 0 saturated heterocycles. The number of Topliss-reactive ketones (excluding diaryl/α,β-unsaturated/α-hetero) is 1. The van der Waals surface area contributed by atoms with E-state index >= 15 is 0 Å². The summed E-state index contributed by atoms with van der Waals surface area (Å²) in [6.45, 7) is 2.04. The Morgan fingerprint density at radius 2 is 1.89 bits per heavy atom. The molecule has 0 saturated carbocycles. The molecule has 0 radical (unpaired) electrons. The summed E-state index contributed by atoms with van der Waals surface area (Å²) in [4.78, 5) is 13.0. The Morgan fingerprint density at radius 3 is 2.58 bits per heavy atom. The Kier molecular flexibility index (Phi) is 4.63. The number of phenols is 1. The van der Waals surface area contributed by atoms with E-state index in [-0.39, 0.29) is 11.5 Å². The van der Waals surface area contributed by atoms with E-state index < -0.39 is 0 Å². The maximum atomic E-state index is 11.9. The Morgan fingerprint density at radius 1 is 1.16 bits per heavy atom. The van der Waals surface area contributed by atoms with Crippen molar-refractivity contribution in [2.45, 2.75) is 18.2 Å². The first-order valence-electron chi connectivity index (χ1n) is 6.12. The lowest BCUT2D eigenvalue weighted by atomic mass is 10.1. The summed E-state index contributed by atoms with van der Waals surface area (Å²) >= 11 is 1.55. The highest BCUT2D eigenvalue weighted by atomic mass is 32.2. The number of carbonyl (C=O) groups excluding carboxylic acids is 1. The smallest absolute Gasteiger partial charge is 0.147 e. The van der Waals surface area contributed by atoms with Crippen LogP contribution in [0.15, 0.2) is 53.4 Å². The Hall–Kier alpha value is -1.74. The van der Waals surface area contributed by atoms with Gasteiger partial charge in [-0.2, -0.15) is 0 Å². The number of hydrogen-bond acceptors (Lipinski definition) is 3. The molecule has 0 fully saturated rings. The predicted octanol–water partition coefficient (Wildman–Crippen LogP) is 3.60. The minimum Gasteiger partial charge on any atom is -0.508 e. The third-order valence-corrected chi connectivity index (χ3v) is 3.80. The third-order valence-electron chi connectivity index (χ3n) is 2.73. The molecule has 19 heavy (non-hydrogen) atoms. The second-order valence-corrected chi connectivity index (χ2v) is 5.54. The predicted molar refractivity (Wildman–Crippen MR) is 78.7 cm³/mol. The molecule has 0 atom stereocenters. The molecule has 2 aromatic rings. The lowest BCUT2D eigenvalue weighted by Crippen LogP contribution is -2.05. The normalized spacial score (nSPS) is 10.4. The number of rotatable bonds is 5. The molecule has 3 heteroatoms. The molecule has 0 aromatic heterocycles. The highest BCUT2D eigenvalue weighted by Gasteiger charge is 2.05. The molecular weight excluding hydrogens is 256 g/mol. The third kappa shape index (κ3) is 4.45. The highest BCUT2D eigenvalue weighted by molar-refractivity contribution is 8.00. The first kappa shape index (κ1) is 13.7. The molecule has 0 bridgehead atoms. The summed E-state index contributed by atoms with van der Waals surface area (Å²) in [6.07, 6.45) is 0.368. The van der Waals surface area contributed by atoms with Gasteiger partial charge in [-0.15, -0.1) is 11.8 Å². The van der Waals surface area contributed by atoms with Crippen LogP contribution >= 0.6 is 11.8 Å². The van der Waals surface area contributed by atoms with Crippen molar-refractivity contribution in [1.82, 2.24) is 0 Å². The van der Waals surface area contributed by atoms with Gasteiger partial charge >= 0.3 is 0 Å². The van der Waals surface area contributed by atoms with Gasteiger partial charge in [-0.05, 0) is 36.8 Å². The van der Waals surface area contributed by atoms with Crippen molar-refractivity contribution in [3.8, 4) is 5.75 Å². The zero-order valence-electron chi connectivity index (χ0n) is 10.8. The zero-order chi connectivity index (χ0) is 13.7. The van der Waals surface area contributed by atoms with Crippen molar-refractivity contribution in [3.05, 3.63) is 59.7 Å². The van der Waals surface area contributed by atoms with Gasteiger partial charge in [0.25, 0.3) is 0 Å². The van der Waals surface area contributed by atoms with Crippen LogP contribution in [0.4, 0.5) is 0 Å². The van der Waals surface area contributed by atoms with Crippen LogP contribution in [0.1, 0.15) is 11.1 Å². The fourth-order valence-corrected chi connectivity index (χ4v) is 2.50. The lowest BCUT2D eigenvalue weighted by molar-refractivity contribution is -0.116. The number of ketones is 1. The van der Waals surface area contributed by atoms with E-state index in [4.69, 9.17) is 0 Å². The van der Waals surface area contributed by atoms with Crippen molar-refractivity contribution in [2.24, 2.45) is 0 Å². The minimum atomic E-state index is 0.163. The summed E-state index contributed by atoms with van der Waals surface area (Å²) in [6, 6.07) is 15.0. The van der Waals surface area contributed by atoms with Gasteiger partial charge in [0.2, 0.25) is 0 Å². The Bertz CT molecular complexity index is 561. The largest absolute Gasteiger partial charge is 0.508 e. The van der Waals surface area contributed by atoms with E-state index in [0.29, 0.717) is 12.2 Å². The van der Waals surface area contributed by atoms with Crippen molar-refractivity contribution in [1.29, 1.82) is 0 Å². The molecular formula is C16H16O2S. The number of aromatic hydroxyl groups is 1. The van der Waals surface area contributed by atoms with Gasteiger partial charge in [0.15, 0.2) is 0 Å². The van der Waals surface area contributed by atoms with E-state index in [0.717, 1.165) is 10.5 Å². The van der Waals surface area contributed by atoms with Crippen LogP contribution < -0.4 is 0 Å². The molecule has 98 valence electrons. The number of aryl methyl sites for hydroxylation is 1. The van der Waals surface area contributed by atoms with Gasteiger partial charge in [-0.1, -0.05) is 29.8 Å². The second-order valence-electron chi connectivity index (χ2n) is 4.49. The van der Waals surface area contributed by atoms with Gasteiger partial charge < -0.3 is 5.11 Å². The molecule has 0 aliphatic heterocycles. The lowest BCUT2D eigenvalue weighted by Gasteiger charge is -2.03. The summed E-state index contributed by atoms with van der Waals surface area (Å²) < 4.78 is 0. The van der Waals surface area contributed by atoms with Gasteiger partial charge in [0.1, 0.15) is 11.5 Å². The molecule has 2 aromatic carbocycles. The van der Waals surface area contributed by atoms with Gasteiger partial charge in [-0.25, -0.2) is 0 Å². The van der Waals surface area contributed by atoms with E-state index in [1.54, 1.807) is 30.0 Å². The second kappa shape index (κ2) is 6.43. The zero-order valence-corrected chi connectivity index (χ0v) is 11.6. The van der Waals surface area contributed by atoms with Gasteiger partial charge in [0.05, 0.1) is 5.75 Å². The maximum Gasteiger partial charge on any atom is 0.147 e. The molecule has 0 amide bonds. The molecule has 0 unspecified atom stereocenters. The van der Waals surface area contributed by atoms with E-state index in [2.05, 4.69) is 0 Å². The van der Waals surface area contributed by atoms with Crippen LogP contribution in [0, 0.1) is 6.92 Å². The van der Waals surface area contributed by atoms with E-state index in [1.165, 1.54) is 5.56 Å². The molecule has 0 aliphatic rings. The van der Waals surface area contributed by atoms with Crippen LogP contribution in [0.25, 0.3) is 0 Å². The quantitative estimate of drug-likeness (QED) is 0.845. The average molecular weight is 272 g/mol. The number of thioether (sulfide) groups is 1. The number of benzene rings is 2. The maximum absolute atomic E-state index is 11.9. The number of hydrogen-bond donors (Lipinski definition) is 1. The van der Waals surface area contributed by atoms with Crippen LogP contribution in [0.5, 0.6) is 5.75 Å². The fourth-order valence-electron chi connectivity index (χ4n) is 1.74. The standard InChI is InChI=1S/C16H16O2S/c1-12-5-7-16(8-6-12)19-11-15(18)10-13-3-2-4-14(17)9-13/h2-9,17H,10-11H2,1H3. The average Bonchev–Trinajstić information content (AvgIpc) is 2.38. The summed E-state index contributed by atoms with van der Waals surface area (Å²) in [5, 5.41) is 9.34. The Balaban J connectivity index is 1.86. The molecule has 2 nitrogen and oxygen atoms in total. The summed E-state index contributed by atoms with van der Waals surface area (Å²) in [7, 11) is 0. The Labute approximate surface area is 117 Å². The molecule has 0 aliphatic carbocycles. The number of phenolic OH excluding ortho intramolecular Hbond substituents is 1. The van der Waals surface area contributed by atoms with Gasteiger partial charge in [0, 0.05) is 11.3 Å². The van der Waals surface area contributed by atoms with Gasteiger partial charge in [-0.3, -0.25) is 4.79 Å². The van der Waals surface area contributed by atoms with Crippen LogP contribution in [0.3, 0.4) is 0 Å². The van der Waals surface area contributed by atoms with E-state index in [9.17, 15) is 9.90 Å². The first-order valence-corrected chi connectivity index (χ1v) is 7.11. The monoisotopic (exact) mass is 272 g/mol. The molecule has 2 rings (SSSR count).